The van der Waals surface area contributed by atoms with E-state index in [1.165, 1.54) is 23.5 Å². The number of aryl methyl sites for hydroxylation is 1. The Morgan fingerprint density at radius 3 is 2.63 bits per heavy atom. The molecule has 19 heavy (non-hydrogen) atoms. The molecule has 0 N–H and O–H groups in total. The lowest BCUT2D eigenvalue weighted by molar-refractivity contribution is -0.137. The van der Waals surface area contributed by atoms with Crippen molar-refractivity contribution in [1.29, 1.82) is 0 Å². The summed E-state index contributed by atoms with van der Waals surface area (Å²) < 4.78 is 38.1. The molecule has 0 spiro atoms. The molecule has 3 rings (SSSR count). The molecule has 0 unspecified atom stereocenters. The first-order chi connectivity index (χ1) is 8.95. The average Bonchev–Trinajstić information content (AvgIpc) is 3.12. The van der Waals surface area contributed by atoms with Crippen molar-refractivity contribution in [2.24, 2.45) is 0 Å². The van der Waals surface area contributed by atoms with Crippen LogP contribution < -0.4 is 0 Å². The van der Waals surface area contributed by atoms with E-state index in [1.54, 1.807) is 6.07 Å². The highest BCUT2D eigenvalue weighted by molar-refractivity contribution is 7.15. The van der Waals surface area contributed by atoms with Gasteiger partial charge in [0.25, 0.3) is 0 Å². The summed E-state index contributed by atoms with van der Waals surface area (Å²) in [7, 11) is 0. The van der Waals surface area contributed by atoms with Crippen molar-refractivity contribution in [2.75, 3.05) is 0 Å². The van der Waals surface area contributed by atoms with Crippen LogP contribution in [0.2, 0.25) is 0 Å². The molecule has 1 fully saturated rings. The SMILES string of the molecule is Cc1nc(C2CC2)sc1-c1cccc(C(F)(F)F)c1. The van der Waals surface area contributed by atoms with Gasteiger partial charge in [0.15, 0.2) is 0 Å². The Labute approximate surface area is 113 Å². The van der Waals surface area contributed by atoms with E-state index in [0.717, 1.165) is 34.5 Å². The van der Waals surface area contributed by atoms with Crippen LogP contribution in [0.1, 0.15) is 35.0 Å². The molecule has 1 aromatic carbocycles. The Balaban J connectivity index is 2.01. The summed E-state index contributed by atoms with van der Waals surface area (Å²) in [6.07, 6.45) is -2.00. The van der Waals surface area contributed by atoms with E-state index in [2.05, 4.69) is 4.98 Å². The number of aromatic nitrogens is 1. The topological polar surface area (TPSA) is 12.9 Å². The highest BCUT2D eigenvalue weighted by Crippen LogP contribution is 2.45. The van der Waals surface area contributed by atoms with Gasteiger partial charge in [-0.2, -0.15) is 13.2 Å². The third-order valence-electron chi connectivity index (χ3n) is 3.19. The minimum atomic E-state index is -4.30. The number of nitrogens with zero attached hydrogens (tertiary/aromatic N) is 1. The summed E-state index contributed by atoms with van der Waals surface area (Å²) in [6.45, 7) is 1.86. The highest BCUT2D eigenvalue weighted by atomic mass is 32.1. The van der Waals surface area contributed by atoms with Gasteiger partial charge in [0.05, 0.1) is 21.1 Å². The van der Waals surface area contributed by atoms with Crippen LogP contribution >= 0.6 is 11.3 Å². The number of rotatable bonds is 2. The molecule has 1 heterocycles. The molecule has 5 heteroatoms. The van der Waals surface area contributed by atoms with E-state index in [1.807, 2.05) is 6.92 Å². The lowest BCUT2D eigenvalue weighted by Crippen LogP contribution is -2.04. The normalized spacial score (nSPS) is 15.8. The van der Waals surface area contributed by atoms with Gasteiger partial charge in [-0.1, -0.05) is 12.1 Å². The smallest absolute Gasteiger partial charge is 0.246 e. The fourth-order valence-corrected chi connectivity index (χ4v) is 3.26. The Morgan fingerprint density at radius 1 is 1.26 bits per heavy atom. The molecule has 1 saturated carbocycles. The summed E-state index contributed by atoms with van der Waals surface area (Å²) in [5.74, 6) is 0.531. The summed E-state index contributed by atoms with van der Waals surface area (Å²) in [5, 5.41) is 1.06. The quantitative estimate of drug-likeness (QED) is 0.754. The largest absolute Gasteiger partial charge is 0.416 e. The van der Waals surface area contributed by atoms with E-state index in [0.29, 0.717) is 11.5 Å². The molecule has 1 nitrogen and oxygen atoms in total. The van der Waals surface area contributed by atoms with Crippen molar-refractivity contribution in [3.05, 3.63) is 40.5 Å². The van der Waals surface area contributed by atoms with Gasteiger partial charge in [-0.15, -0.1) is 11.3 Å². The van der Waals surface area contributed by atoms with E-state index in [4.69, 9.17) is 0 Å². The zero-order chi connectivity index (χ0) is 13.6. The minimum Gasteiger partial charge on any atom is -0.246 e. The lowest BCUT2D eigenvalue weighted by atomic mass is 10.1. The van der Waals surface area contributed by atoms with Crippen LogP contribution in [0.15, 0.2) is 24.3 Å². The van der Waals surface area contributed by atoms with Crippen LogP contribution in [0.3, 0.4) is 0 Å². The maximum absolute atomic E-state index is 12.7. The molecule has 100 valence electrons. The summed E-state index contributed by atoms with van der Waals surface area (Å²) >= 11 is 1.52. The van der Waals surface area contributed by atoms with Crippen molar-refractivity contribution in [1.82, 2.24) is 4.98 Å². The molecule has 0 bridgehead atoms. The van der Waals surface area contributed by atoms with E-state index in [9.17, 15) is 13.2 Å². The fourth-order valence-electron chi connectivity index (χ4n) is 2.03. The second kappa shape index (κ2) is 4.34. The van der Waals surface area contributed by atoms with Gasteiger partial charge < -0.3 is 0 Å². The van der Waals surface area contributed by atoms with E-state index < -0.39 is 11.7 Å². The molecule has 0 saturated heterocycles. The van der Waals surface area contributed by atoms with Crippen LogP contribution in [0.5, 0.6) is 0 Å². The molecule has 2 aromatic rings. The first-order valence-electron chi connectivity index (χ1n) is 6.10. The molecular formula is C14H12F3NS. The summed E-state index contributed by atoms with van der Waals surface area (Å²) in [6, 6.07) is 5.47. The van der Waals surface area contributed by atoms with Gasteiger partial charge in [-0.3, -0.25) is 0 Å². The molecule has 1 aromatic heterocycles. The molecule has 0 aliphatic heterocycles. The van der Waals surface area contributed by atoms with Crippen molar-refractivity contribution in [2.45, 2.75) is 31.9 Å². The van der Waals surface area contributed by atoms with Crippen LogP contribution in [0.25, 0.3) is 10.4 Å². The van der Waals surface area contributed by atoms with E-state index in [-0.39, 0.29) is 0 Å². The Hall–Kier alpha value is -1.36. The number of benzene rings is 1. The first kappa shape index (κ1) is 12.7. The fraction of sp³-hybridized carbons (Fsp3) is 0.357. The number of thiazole rings is 1. The second-order valence-electron chi connectivity index (χ2n) is 4.82. The summed E-state index contributed by atoms with van der Waals surface area (Å²) in [4.78, 5) is 5.33. The van der Waals surface area contributed by atoms with Crippen LogP contribution in [0, 0.1) is 6.92 Å². The molecule has 0 atom stereocenters. The van der Waals surface area contributed by atoms with Crippen molar-refractivity contribution in [3.63, 3.8) is 0 Å². The van der Waals surface area contributed by atoms with Crippen molar-refractivity contribution in [3.8, 4) is 10.4 Å². The molecule has 0 radical (unpaired) electrons. The second-order valence-corrected chi connectivity index (χ2v) is 5.85. The van der Waals surface area contributed by atoms with Gasteiger partial charge in [0.1, 0.15) is 0 Å². The Morgan fingerprint density at radius 2 is 2.00 bits per heavy atom. The van der Waals surface area contributed by atoms with Crippen molar-refractivity contribution < 1.29 is 13.2 Å². The van der Waals surface area contributed by atoms with Gasteiger partial charge in [-0.25, -0.2) is 4.98 Å². The number of hydrogen-bond donors (Lipinski definition) is 0. The van der Waals surface area contributed by atoms with Gasteiger partial charge in [-0.05, 0) is 37.5 Å². The monoisotopic (exact) mass is 283 g/mol. The Bertz CT molecular complexity index is 611. The number of alkyl halides is 3. The zero-order valence-electron chi connectivity index (χ0n) is 10.3. The first-order valence-corrected chi connectivity index (χ1v) is 6.92. The maximum atomic E-state index is 12.7. The molecule has 0 amide bonds. The highest BCUT2D eigenvalue weighted by Gasteiger charge is 2.31. The molecular weight excluding hydrogens is 271 g/mol. The molecule has 1 aliphatic rings. The standard InChI is InChI=1S/C14H12F3NS/c1-8-12(19-13(18-8)9-5-6-9)10-3-2-4-11(7-10)14(15,16)17/h2-4,7,9H,5-6H2,1H3. The third-order valence-corrected chi connectivity index (χ3v) is 4.56. The maximum Gasteiger partial charge on any atom is 0.416 e. The van der Waals surface area contributed by atoms with Crippen LogP contribution in [-0.2, 0) is 6.18 Å². The number of halogens is 3. The van der Waals surface area contributed by atoms with Gasteiger partial charge in [0.2, 0.25) is 0 Å². The van der Waals surface area contributed by atoms with Crippen molar-refractivity contribution >= 4 is 11.3 Å². The molecule has 1 aliphatic carbocycles. The number of hydrogen-bond acceptors (Lipinski definition) is 2. The lowest BCUT2D eigenvalue weighted by Gasteiger charge is -2.07. The average molecular weight is 283 g/mol. The third kappa shape index (κ3) is 2.52. The minimum absolute atomic E-state index is 0.531. The Kier molecular flexibility index (Phi) is 2.89. The predicted octanol–water partition coefficient (Wildman–Crippen LogP) is 5.01. The van der Waals surface area contributed by atoms with E-state index >= 15 is 0 Å². The van der Waals surface area contributed by atoms with Crippen LogP contribution in [0.4, 0.5) is 13.2 Å². The van der Waals surface area contributed by atoms with Crippen LogP contribution in [-0.4, -0.2) is 4.98 Å². The van der Waals surface area contributed by atoms with Gasteiger partial charge >= 0.3 is 6.18 Å². The zero-order valence-corrected chi connectivity index (χ0v) is 11.1. The van der Waals surface area contributed by atoms with Gasteiger partial charge in [0, 0.05) is 5.92 Å². The predicted molar refractivity (Wildman–Crippen MR) is 69.3 cm³/mol. The summed E-state index contributed by atoms with van der Waals surface area (Å²) in [5.41, 5.74) is 0.828.